The fourth-order valence-electron chi connectivity index (χ4n) is 8.65. The van der Waals surface area contributed by atoms with Crippen molar-refractivity contribution in [3.63, 3.8) is 0 Å². The lowest BCUT2D eigenvalue weighted by Gasteiger charge is -2.35. The fraction of sp³-hybridized carbons (Fsp3) is 0.415. The molecule has 0 bridgehead atoms. The van der Waals surface area contributed by atoms with Crippen LogP contribution in [0.4, 0.5) is 10.2 Å². The van der Waals surface area contributed by atoms with Crippen molar-refractivity contribution in [2.75, 3.05) is 24.5 Å². The van der Waals surface area contributed by atoms with Gasteiger partial charge in [-0.05, 0) is 111 Å². The SMILES string of the molecule is N#Cc1ccc(O[C@H]2CC[C@H](N(F)C(=O)c3ccc(N4CCC(CN5Cc6cc7c(cc6C5)C(=O)N([C@H]5CCC(=O)NC5=O)C7=O)CC4)cc3)CC2)cc1Cl. The lowest BCUT2D eigenvalue weighted by molar-refractivity contribution is -0.136. The number of nitrogens with zero attached hydrogens (tertiary/aromatic N) is 5. The van der Waals surface area contributed by atoms with Gasteiger partial charge in [0.25, 0.3) is 17.7 Å². The van der Waals surface area contributed by atoms with Gasteiger partial charge in [-0.1, -0.05) is 16.1 Å². The van der Waals surface area contributed by atoms with Crippen LogP contribution in [-0.4, -0.2) is 82.3 Å². The number of hydrogen-bond donors (Lipinski definition) is 1. The third-order valence-corrected chi connectivity index (χ3v) is 12.0. The third-order valence-electron chi connectivity index (χ3n) is 11.7. The highest BCUT2D eigenvalue weighted by atomic mass is 35.5. The first kappa shape index (κ1) is 36.6. The van der Waals surface area contributed by atoms with Crippen LogP contribution in [0.3, 0.4) is 0 Å². The average Bonchev–Trinajstić information content (AvgIpc) is 3.69. The summed E-state index contributed by atoms with van der Waals surface area (Å²) in [5.41, 5.74) is 4.32. The fourth-order valence-corrected chi connectivity index (χ4v) is 8.87. The molecule has 0 radical (unpaired) electrons. The first-order valence-electron chi connectivity index (χ1n) is 18.9. The topological polar surface area (TPSA) is 143 Å². The van der Waals surface area contributed by atoms with Gasteiger partial charge in [0.2, 0.25) is 11.8 Å². The van der Waals surface area contributed by atoms with Crippen LogP contribution in [0.15, 0.2) is 54.6 Å². The summed E-state index contributed by atoms with van der Waals surface area (Å²) in [7, 11) is 0. The highest BCUT2D eigenvalue weighted by Gasteiger charge is 2.45. The number of hydrogen-bond acceptors (Lipinski definition) is 9. The van der Waals surface area contributed by atoms with Crippen molar-refractivity contribution in [1.82, 2.24) is 20.2 Å². The second kappa shape index (κ2) is 15.1. The number of carbonyl (C=O) groups is 5. The molecule has 8 rings (SSSR count). The highest BCUT2D eigenvalue weighted by Crippen LogP contribution is 2.35. The van der Waals surface area contributed by atoms with Gasteiger partial charge >= 0.3 is 0 Å². The number of ether oxygens (including phenoxy) is 1. The molecule has 55 heavy (non-hydrogen) atoms. The van der Waals surface area contributed by atoms with Crippen molar-refractivity contribution in [2.24, 2.45) is 5.92 Å². The Bertz CT molecular complexity index is 2060. The molecule has 1 aliphatic carbocycles. The van der Waals surface area contributed by atoms with Gasteiger partial charge in [-0.2, -0.15) is 10.4 Å². The number of rotatable bonds is 8. The Labute approximate surface area is 322 Å². The van der Waals surface area contributed by atoms with Crippen LogP contribution in [0.1, 0.15) is 99.1 Å². The van der Waals surface area contributed by atoms with Gasteiger partial charge in [0.1, 0.15) is 17.9 Å². The molecule has 1 saturated carbocycles. The highest BCUT2D eigenvalue weighted by molar-refractivity contribution is 6.31. The number of carbonyl (C=O) groups excluding carboxylic acids is 5. The molecule has 2 saturated heterocycles. The maximum Gasteiger partial charge on any atom is 0.281 e. The summed E-state index contributed by atoms with van der Waals surface area (Å²) < 4.78 is 21.4. The lowest BCUT2D eigenvalue weighted by Crippen LogP contribution is -2.54. The minimum absolute atomic E-state index is 0.0849. The quantitative estimate of drug-likeness (QED) is 0.230. The summed E-state index contributed by atoms with van der Waals surface area (Å²) >= 11 is 6.12. The Morgan fingerprint density at radius 3 is 2.15 bits per heavy atom. The zero-order valence-corrected chi connectivity index (χ0v) is 30.9. The Hall–Kier alpha value is -5.32. The Kier molecular flexibility index (Phi) is 10.0. The van der Waals surface area contributed by atoms with E-state index >= 15 is 4.48 Å². The molecule has 4 aliphatic heterocycles. The van der Waals surface area contributed by atoms with E-state index < -0.39 is 41.6 Å². The van der Waals surface area contributed by atoms with Gasteiger partial charge in [-0.3, -0.25) is 39.1 Å². The molecule has 3 aromatic rings. The van der Waals surface area contributed by atoms with Gasteiger partial charge in [0.15, 0.2) is 0 Å². The number of fused-ring (bicyclic) bond motifs is 2. The number of amides is 5. The van der Waals surface area contributed by atoms with Crippen molar-refractivity contribution in [3.05, 3.63) is 93.0 Å². The van der Waals surface area contributed by atoms with E-state index in [-0.39, 0.29) is 18.9 Å². The number of anilines is 1. The first-order chi connectivity index (χ1) is 26.6. The van der Waals surface area contributed by atoms with Crippen molar-refractivity contribution >= 4 is 46.8 Å². The molecule has 3 aromatic carbocycles. The lowest BCUT2D eigenvalue weighted by atomic mass is 9.92. The number of imide groups is 2. The predicted molar refractivity (Wildman–Crippen MR) is 199 cm³/mol. The van der Waals surface area contributed by atoms with E-state index in [0.29, 0.717) is 82.8 Å². The molecular formula is C41H40ClFN6O6. The summed E-state index contributed by atoms with van der Waals surface area (Å²) in [6, 6.07) is 16.2. The predicted octanol–water partition coefficient (Wildman–Crippen LogP) is 5.56. The first-order valence-corrected chi connectivity index (χ1v) is 19.2. The van der Waals surface area contributed by atoms with E-state index in [9.17, 15) is 24.0 Å². The smallest absolute Gasteiger partial charge is 0.281 e. The maximum absolute atomic E-state index is 15.3. The van der Waals surface area contributed by atoms with Crippen LogP contribution >= 0.6 is 11.6 Å². The van der Waals surface area contributed by atoms with E-state index in [1.807, 2.05) is 18.2 Å². The van der Waals surface area contributed by atoms with Crippen LogP contribution in [-0.2, 0) is 22.7 Å². The van der Waals surface area contributed by atoms with Crippen LogP contribution in [0, 0.1) is 17.2 Å². The largest absolute Gasteiger partial charge is 0.490 e. The van der Waals surface area contributed by atoms with E-state index in [1.54, 1.807) is 42.5 Å². The van der Waals surface area contributed by atoms with Gasteiger partial charge in [-0.15, -0.1) is 0 Å². The van der Waals surface area contributed by atoms with Gasteiger partial charge < -0.3 is 9.64 Å². The Balaban J connectivity index is 0.792. The van der Waals surface area contributed by atoms with Crippen LogP contribution in [0.25, 0.3) is 0 Å². The number of piperidine rings is 2. The van der Waals surface area contributed by atoms with Gasteiger partial charge in [0.05, 0.1) is 33.9 Å². The molecule has 4 heterocycles. The monoisotopic (exact) mass is 766 g/mol. The van der Waals surface area contributed by atoms with E-state index in [4.69, 9.17) is 21.6 Å². The molecule has 14 heteroatoms. The van der Waals surface area contributed by atoms with Crippen molar-refractivity contribution in [3.8, 4) is 11.8 Å². The maximum atomic E-state index is 15.3. The van der Waals surface area contributed by atoms with Crippen molar-refractivity contribution < 1.29 is 33.2 Å². The molecule has 1 atom stereocenters. The zero-order valence-electron chi connectivity index (χ0n) is 30.1. The van der Waals surface area contributed by atoms with Gasteiger partial charge in [-0.25, -0.2) is 0 Å². The summed E-state index contributed by atoms with van der Waals surface area (Å²) in [6.07, 6.45) is 4.17. The number of halogens is 2. The average molecular weight is 767 g/mol. The second-order valence-electron chi connectivity index (χ2n) is 15.2. The molecule has 5 amide bonds. The van der Waals surface area contributed by atoms with Crippen LogP contribution in [0.5, 0.6) is 5.75 Å². The number of nitriles is 1. The normalized spacial score (nSPS) is 23.0. The van der Waals surface area contributed by atoms with Crippen LogP contribution < -0.4 is 15.0 Å². The molecule has 1 N–H and O–H groups in total. The molecule has 284 valence electrons. The van der Waals surface area contributed by atoms with Crippen molar-refractivity contribution in [1.29, 1.82) is 5.26 Å². The van der Waals surface area contributed by atoms with Crippen molar-refractivity contribution in [2.45, 2.75) is 82.6 Å². The van der Waals surface area contributed by atoms with Crippen LogP contribution in [0.2, 0.25) is 5.02 Å². The Morgan fingerprint density at radius 1 is 0.891 bits per heavy atom. The summed E-state index contributed by atoms with van der Waals surface area (Å²) in [6.45, 7) is 3.93. The molecule has 0 spiro atoms. The molecule has 0 aromatic heterocycles. The summed E-state index contributed by atoms with van der Waals surface area (Å²) in [5, 5.41) is 12.0. The van der Waals surface area contributed by atoms with Gasteiger partial charge in [0, 0.05) is 56.5 Å². The molecule has 0 unspecified atom stereocenters. The standard InChI is InChI=1S/C41H40ClFN6O6/c42-35-19-32(8-3-26(35)20-44)55-31-9-6-30(7-10-31)49(43)39(52)25-1-4-29(5-2-25)47-15-13-24(14-16-47)21-46-22-27-17-33-34(18-28(27)23-46)41(54)48(40(33)53)36-11-12-37(50)45-38(36)51/h1-5,8,17-19,24,30-31,36H,6-7,9-16,21-23H2,(H,45,50,51)/t30-,31-,36-/m0/s1. The molecule has 5 aliphatic rings. The van der Waals surface area contributed by atoms with E-state index in [2.05, 4.69) is 15.1 Å². The Morgan fingerprint density at radius 2 is 1.55 bits per heavy atom. The molecular weight excluding hydrogens is 727 g/mol. The van der Waals surface area contributed by atoms with E-state index in [1.165, 1.54) is 0 Å². The third kappa shape index (κ3) is 7.28. The minimum Gasteiger partial charge on any atom is -0.490 e. The summed E-state index contributed by atoms with van der Waals surface area (Å²) in [4.78, 5) is 69.3. The minimum atomic E-state index is -0.977. The number of nitrogens with one attached hydrogen (secondary N) is 1. The summed E-state index contributed by atoms with van der Waals surface area (Å²) in [5.74, 6) is -1.60. The number of benzene rings is 3. The second-order valence-corrected chi connectivity index (χ2v) is 15.6. The van der Waals surface area contributed by atoms with E-state index in [0.717, 1.165) is 54.2 Å². The molecule has 3 fully saturated rings. The zero-order chi connectivity index (χ0) is 38.4. The molecule has 12 nitrogen and oxygen atoms in total.